The molecule has 122 valence electrons. The topological polar surface area (TPSA) is 55.1 Å². The standard InChI is InChI=1S/C18H15ClN2O2S/c1-11-17(12(2)23-21-11)18(22)20-15-5-3-4-6-16(15)24-14-9-7-13(19)8-10-14/h3-10H,1-2H3,(H,20,22). The molecule has 6 heteroatoms. The van der Waals surface area contributed by atoms with Gasteiger partial charge in [0.1, 0.15) is 11.3 Å². The number of nitrogens with one attached hydrogen (secondary N) is 1. The molecule has 4 nitrogen and oxygen atoms in total. The lowest BCUT2D eigenvalue weighted by Crippen LogP contribution is -2.14. The number of aryl methyl sites for hydroxylation is 2. The number of amides is 1. The van der Waals surface area contributed by atoms with Gasteiger partial charge in [-0.2, -0.15) is 0 Å². The van der Waals surface area contributed by atoms with Gasteiger partial charge in [0.15, 0.2) is 0 Å². The average Bonchev–Trinajstić information content (AvgIpc) is 2.90. The van der Waals surface area contributed by atoms with Gasteiger partial charge in [0.2, 0.25) is 0 Å². The van der Waals surface area contributed by atoms with Gasteiger partial charge in [-0.3, -0.25) is 4.79 Å². The van der Waals surface area contributed by atoms with Gasteiger partial charge in [0, 0.05) is 14.8 Å². The van der Waals surface area contributed by atoms with Crippen molar-refractivity contribution >= 4 is 35.0 Å². The Morgan fingerprint density at radius 3 is 2.50 bits per heavy atom. The van der Waals surface area contributed by atoms with Crippen LogP contribution in [-0.4, -0.2) is 11.1 Å². The summed E-state index contributed by atoms with van der Waals surface area (Å²) < 4.78 is 5.06. The number of aromatic nitrogens is 1. The first-order valence-electron chi connectivity index (χ1n) is 7.31. The summed E-state index contributed by atoms with van der Waals surface area (Å²) in [7, 11) is 0. The molecule has 0 radical (unpaired) electrons. The minimum Gasteiger partial charge on any atom is -0.361 e. The zero-order valence-electron chi connectivity index (χ0n) is 13.2. The van der Waals surface area contributed by atoms with Crippen molar-refractivity contribution in [2.75, 3.05) is 5.32 Å². The molecule has 24 heavy (non-hydrogen) atoms. The first-order chi connectivity index (χ1) is 11.5. The Kier molecular flexibility index (Phi) is 4.92. The number of nitrogens with zero attached hydrogens (tertiary/aromatic N) is 1. The van der Waals surface area contributed by atoms with Crippen LogP contribution in [0.4, 0.5) is 5.69 Å². The normalized spacial score (nSPS) is 10.6. The molecular weight excluding hydrogens is 344 g/mol. The van der Waals surface area contributed by atoms with Gasteiger partial charge in [-0.15, -0.1) is 0 Å². The van der Waals surface area contributed by atoms with Crippen LogP contribution >= 0.6 is 23.4 Å². The Bertz CT molecular complexity index is 855. The number of halogens is 1. The summed E-state index contributed by atoms with van der Waals surface area (Å²) in [6, 6.07) is 15.2. The van der Waals surface area contributed by atoms with E-state index in [9.17, 15) is 4.79 Å². The molecule has 0 aliphatic rings. The number of para-hydroxylation sites is 1. The monoisotopic (exact) mass is 358 g/mol. The van der Waals surface area contributed by atoms with Crippen LogP contribution in [0.1, 0.15) is 21.8 Å². The summed E-state index contributed by atoms with van der Waals surface area (Å²) >= 11 is 7.48. The van der Waals surface area contributed by atoms with Crippen LogP contribution in [0.2, 0.25) is 5.02 Å². The number of anilines is 1. The molecule has 2 aromatic carbocycles. The van der Waals surface area contributed by atoms with Gasteiger partial charge in [-0.25, -0.2) is 0 Å². The molecule has 0 atom stereocenters. The SMILES string of the molecule is Cc1noc(C)c1C(=O)Nc1ccccc1Sc1ccc(Cl)cc1. The number of carbonyl (C=O) groups excluding carboxylic acids is 1. The second-order valence-electron chi connectivity index (χ2n) is 5.21. The van der Waals surface area contributed by atoms with Crippen molar-refractivity contribution in [3.63, 3.8) is 0 Å². The molecule has 0 fully saturated rings. The van der Waals surface area contributed by atoms with E-state index in [0.717, 1.165) is 15.5 Å². The number of carbonyl (C=O) groups is 1. The van der Waals surface area contributed by atoms with Gasteiger partial charge in [0.25, 0.3) is 5.91 Å². The maximum Gasteiger partial charge on any atom is 0.261 e. The van der Waals surface area contributed by atoms with E-state index in [0.29, 0.717) is 22.0 Å². The molecule has 0 bridgehead atoms. The van der Waals surface area contributed by atoms with Crippen LogP contribution in [0.3, 0.4) is 0 Å². The highest BCUT2D eigenvalue weighted by Crippen LogP contribution is 2.34. The molecule has 0 saturated carbocycles. The summed E-state index contributed by atoms with van der Waals surface area (Å²) in [4.78, 5) is 14.5. The Labute approximate surface area is 149 Å². The minimum atomic E-state index is -0.226. The Morgan fingerprint density at radius 2 is 1.83 bits per heavy atom. The zero-order valence-corrected chi connectivity index (χ0v) is 14.7. The second kappa shape index (κ2) is 7.11. The van der Waals surface area contributed by atoms with E-state index in [4.69, 9.17) is 16.1 Å². The largest absolute Gasteiger partial charge is 0.361 e. The first kappa shape index (κ1) is 16.6. The van der Waals surface area contributed by atoms with Crippen molar-refractivity contribution in [3.05, 3.63) is 70.6 Å². The summed E-state index contributed by atoms with van der Waals surface area (Å²) in [6.45, 7) is 3.48. The van der Waals surface area contributed by atoms with E-state index in [2.05, 4.69) is 10.5 Å². The van der Waals surface area contributed by atoms with E-state index in [1.165, 1.54) is 0 Å². The van der Waals surface area contributed by atoms with Crippen molar-refractivity contribution in [3.8, 4) is 0 Å². The highest BCUT2D eigenvalue weighted by Gasteiger charge is 2.18. The molecule has 3 rings (SSSR count). The minimum absolute atomic E-state index is 0.226. The average molecular weight is 359 g/mol. The van der Waals surface area contributed by atoms with Crippen LogP contribution in [0.5, 0.6) is 0 Å². The highest BCUT2D eigenvalue weighted by molar-refractivity contribution is 7.99. The first-order valence-corrected chi connectivity index (χ1v) is 8.50. The predicted molar refractivity (Wildman–Crippen MR) is 95.9 cm³/mol. The third-order valence-corrected chi connectivity index (χ3v) is 4.77. The van der Waals surface area contributed by atoms with Crippen molar-refractivity contribution in [2.45, 2.75) is 23.6 Å². The zero-order chi connectivity index (χ0) is 17.1. The van der Waals surface area contributed by atoms with Gasteiger partial charge in [0.05, 0.1) is 11.4 Å². The summed E-state index contributed by atoms with van der Waals surface area (Å²) in [5.74, 6) is 0.281. The lowest BCUT2D eigenvalue weighted by atomic mass is 10.2. The number of benzene rings is 2. The smallest absolute Gasteiger partial charge is 0.261 e. The third-order valence-electron chi connectivity index (χ3n) is 3.44. The molecule has 1 heterocycles. The van der Waals surface area contributed by atoms with Crippen molar-refractivity contribution in [2.24, 2.45) is 0 Å². The number of hydrogen-bond acceptors (Lipinski definition) is 4. The fourth-order valence-corrected chi connectivity index (χ4v) is 3.31. The fourth-order valence-electron chi connectivity index (χ4n) is 2.28. The number of hydrogen-bond donors (Lipinski definition) is 1. The molecule has 0 unspecified atom stereocenters. The van der Waals surface area contributed by atoms with Crippen LogP contribution in [0.25, 0.3) is 0 Å². The lowest BCUT2D eigenvalue weighted by molar-refractivity contribution is 0.102. The molecule has 1 amide bonds. The maximum atomic E-state index is 12.5. The quantitative estimate of drug-likeness (QED) is 0.683. The summed E-state index contributed by atoms with van der Waals surface area (Å²) in [5.41, 5.74) is 1.79. The highest BCUT2D eigenvalue weighted by atomic mass is 35.5. The molecule has 1 N–H and O–H groups in total. The second-order valence-corrected chi connectivity index (χ2v) is 6.76. The van der Waals surface area contributed by atoms with Gasteiger partial charge in [-0.1, -0.05) is 40.7 Å². The molecule has 3 aromatic rings. The lowest BCUT2D eigenvalue weighted by Gasteiger charge is -2.10. The Hall–Kier alpha value is -2.24. The molecule has 0 aliphatic heterocycles. The van der Waals surface area contributed by atoms with Crippen LogP contribution in [0, 0.1) is 13.8 Å². The van der Waals surface area contributed by atoms with Crippen molar-refractivity contribution in [1.29, 1.82) is 0 Å². The number of rotatable bonds is 4. The predicted octanol–water partition coefficient (Wildman–Crippen LogP) is 5.35. The van der Waals surface area contributed by atoms with Gasteiger partial charge < -0.3 is 9.84 Å². The summed E-state index contributed by atoms with van der Waals surface area (Å²) in [6.07, 6.45) is 0. The molecule has 0 spiro atoms. The third kappa shape index (κ3) is 3.63. The van der Waals surface area contributed by atoms with E-state index in [1.54, 1.807) is 25.6 Å². The van der Waals surface area contributed by atoms with E-state index < -0.39 is 0 Å². The maximum absolute atomic E-state index is 12.5. The molecule has 0 saturated heterocycles. The Balaban J connectivity index is 1.84. The van der Waals surface area contributed by atoms with Crippen LogP contribution < -0.4 is 5.32 Å². The molecular formula is C18H15ClN2O2S. The summed E-state index contributed by atoms with van der Waals surface area (Å²) in [5, 5.41) is 7.46. The van der Waals surface area contributed by atoms with Gasteiger partial charge in [-0.05, 0) is 50.2 Å². The van der Waals surface area contributed by atoms with E-state index >= 15 is 0 Å². The van der Waals surface area contributed by atoms with E-state index in [1.807, 2.05) is 48.5 Å². The van der Waals surface area contributed by atoms with Crippen molar-refractivity contribution in [1.82, 2.24) is 5.16 Å². The van der Waals surface area contributed by atoms with Crippen molar-refractivity contribution < 1.29 is 9.32 Å². The van der Waals surface area contributed by atoms with E-state index in [-0.39, 0.29) is 5.91 Å². The van der Waals surface area contributed by atoms with Crippen LogP contribution in [-0.2, 0) is 0 Å². The van der Waals surface area contributed by atoms with Crippen LogP contribution in [0.15, 0.2) is 62.8 Å². The van der Waals surface area contributed by atoms with Gasteiger partial charge >= 0.3 is 0 Å². The Morgan fingerprint density at radius 1 is 1.12 bits per heavy atom. The molecule has 1 aromatic heterocycles. The fraction of sp³-hybridized carbons (Fsp3) is 0.111. The molecule has 0 aliphatic carbocycles.